The molecule has 0 radical (unpaired) electrons. The Hall–Kier alpha value is -2.42. The molecule has 1 amide bonds. The number of halogens is 1. The van der Waals surface area contributed by atoms with Gasteiger partial charge >= 0.3 is 5.97 Å². The van der Waals surface area contributed by atoms with Crippen molar-refractivity contribution in [3.63, 3.8) is 0 Å². The lowest BCUT2D eigenvalue weighted by molar-refractivity contribution is 0.0600. The highest BCUT2D eigenvalue weighted by atomic mass is 35.5. The van der Waals surface area contributed by atoms with E-state index in [4.69, 9.17) is 16.7 Å². The SMILES string of the molecule is COC(=O)c1ccc(CNC(=O)c2ccc(Cl)c(S(N)(=O)=O)c2)cc1. The lowest BCUT2D eigenvalue weighted by atomic mass is 10.1. The Morgan fingerprint density at radius 3 is 2.28 bits per heavy atom. The van der Waals surface area contributed by atoms with E-state index in [9.17, 15) is 18.0 Å². The van der Waals surface area contributed by atoms with E-state index in [1.807, 2.05) is 0 Å². The second kappa shape index (κ2) is 7.64. The third kappa shape index (κ3) is 4.79. The predicted molar refractivity (Wildman–Crippen MR) is 91.8 cm³/mol. The molecule has 9 heteroatoms. The monoisotopic (exact) mass is 382 g/mol. The van der Waals surface area contributed by atoms with Gasteiger partial charge in [0.2, 0.25) is 10.0 Å². The van der Waals surface area contributed by atoms with Gasteiger partial charge in [0.25, 0.3) is 5.91 Å². The summed E-state index contributed by atoms with van der Waals surface area (Å²) in [4.78, 5) is 23.2. The van der Waals surface area contributed by atoms with Gasteiger partial charge in [0, 0.05) is 12.1 Å². The second-order valence-electron chi connectivity index (χ2n) is 5.06. The molecule has 0 atom stereocenters. The smallest absolute Gasteiger partial charge is 0.337 e. The summed E-state index contributed by atoms with van der Waals surface area (Å²) in [5, 5.41) is 7.64. The molecule has 25 heavy (non-hydrogen) atoms. The number of sulfonamides is 1. The molecule has 0 fully saturated rings. The van der Waals surface area contributed by atoms with Crippen LogP contribution >= 0.6 is 11.6 Å². The van der Waals surface area contributed by atoms with Crippen LogP contribution < -0.4 is 10.5 Å². The van der Waals surface area contributed by atoms with Crippen molar-refractivity contribution < 1.29 is 22.7 Å². The minimum Gasteiger partial charge on any atom is -0.465 e. The zero-order valence-corrected chi connectivity index (χ0v) is 14.7. The minimum absolute atomic E-state index is 0.0579. The number of hydrogen-bond acceptors (Lipinski definition) is 5. The van der Waals surface area contributed by atoms with Crippen LogP contribution in [-0.2, 0) is 21.3 Å². The third-order valence-electron chi connectivity index (χ3n) is 3.33. The average molecular weight is 383 g/mol. The minimum atomic E-state index is -4.03. The van der Waals surface area contributed by atoms with Crippen molar-refractivity contribution in [3.8, 4) is 0 Å². The fourth-order valence-corrected chi connectivity index (χ4v) is 3.09. The molecule has 0 aliphatic carbocycles. The molecule has 0 aliphatic rings. The van der Waals surface area contributed by atoms with Gasteiger partial charge in [0.1, 0.15) is 4.90 Å². The fraction of sp³-hybridized carbons (Fsp3) is 0.125. The summed E-state index contributed by atoms with van der Waals surface area (Å²) >= 11 is 5.78. The number of nitrogens with two attached hydrogens (primary N) is 1. The molecule has 0 aromatic heterocycles. The topological polar surface area (TPSA) is 116 Å². The first-order valence-electron chi connectivity index (χ1n) is 7.00. The molecule has 7 nitrogen and oxygen atoms in total. The van der Waals surface area contributed by atoms with E-state index in [1.54, 1.807) is 24.3 Å². The number of hydrogen-bond donors (Lipinski definition) is 2. The Bertz CT molecular complexity index is 911. The van der Waals surface area contributed by atoms with E-state index < -0.39 is 21.9 Å². The number of amides is 1. The van der Waals surface area contributed by atoms with Crippen molar-refractivity contribution in [2.45, 2.75) is 11.4 Å². The number of carbonyl (C=O) groups is 2. The molecule has 0 bridgehead atoms. The number of esters is 1. The summed E-state index contributed by atoms with van der Waals surface area (Å²) in [6.07, 6.45) is 0. The predicted octanol–water partition coefficient (Wildman–Crippen LogP) is 1.70. The maximum atomic E-state index is 12.2. The molecule has 0 spiro atoms. The normalized spacial score (nSPS) is 11.0. The summed E-state index contributed by atoms with van der Waals surface area (Å²) in [6.45, 7) is 0.188. The highest BCUT2D eigenvalue weighted by Crippen LogP contribution is 2.21. The van der Waals surface area contributed by atoms with Gasteiger partial charge in [-0.25, -0.2) is 18.4 Å². The van der Waals surface area contributed by atoms with Gasteiger partial charge in [0.05, 0.1) is 17.7 Å². The quantitative estimate of drug-likeness (QED) is 0.763. The maximum Gasteiger partial charge on any atom is 0.337 e. The van der Waals surface area contributed by atoms with E-state index in [-0.39, 0.29) is 22.0 Å². The average Bonchev–Trinajstić information content (AvgIpc) is 2.58. The van der Waals surface area contributed by atoms with Crippen LogP contribution in [0.3, 0.4) is 0 Å². The first-order chi connectivity index (χ1) is 11.7. The van der Waals surface area contributed by atoms with Crippen LogP contribution in [0.15, 0.2) is 47.4 Å². The van der Waals surface area contributed by atoms with Crippen molar-refractivity contribution in [1.29, 1.82) is 0 Å². The highest BCUT2D eigenvalue weighted by Gasteiger charge is 2.16. The molecule has 0 heterocycles. The molecular weight excluding hydrogens is 368 g/mol. The van der Waals surface area contributed by atoms with Gasteiger partial charge in [0.15, 0.2) is 0 Å². The van der Waals surface area contributed by atoms with E-state index >= 15 is 0 Å². The molecule has 2 aromatic rings. The van der Waals surface area contributed by atoms with Crippen LogP contribution in [-0.4, -0.2) is 27.4 Å². The van der Waals surface area contributed by atoms with Crippen LogP contribution in [0.5, 0.6) is 0 Å². The Morgan fingerprint density at radius 1 is 1.12 bits per heavy atom. The highest BCUT2D eigenvalue weighted by molar-refractivity contribution is 7.89. The molecule has 2 aromatic carbocycles. The number of primary sulfonamides is 1. The summed E-state index contributed by atoms with van der Waals surface area (Å²) in [5.74, 6) is -0.939. The Balaban J connectivity index is 2.09. The van der Waals surface area contributed by atoms with Gasteiger partial charge in [-0.05, 0) is 35.9 Å². The fourth-order valence-electron chi connectivity index (χ4n) is 2.02. The summed E-state index contributed by atoms with van der Waals surface area (Å²) < 4.78 is 27.5. The lowest BCUT2D eigenvalue weighted by Gasteiger charge is -2.08. The Morgan fingerprint density at radius 2 is 1.72 bits per heavy atom. The van der Waals surface area contributed by atoms with Crippen molar-refractivity contribution >= 4 is 33.5 Å². The van der Waals surface area contributed by atoms with Gasteiger partial charge in [-0.1, -0.05) is 23.7 Å². The zero-order chi connectivity index (χ0) is 18.6. The number of rotatable bonds is 5. The van der Waals surface area contributed by atoms with Gasteiger partial charge < -0.3 is 10.1 Å². The maximum absolute atomic E-state index is 12.2. The van der Waals surface area contributed by atoms with Crippen molar-refractivity contribution in [2.24, 2.45) is 5.14 Å². The van der Waals surface area contributed by atoms with Crippen LogP contribution in [0.1, 0.15) is 26.3 Å². The summed E-state index contributed by atoms with van der Waals surface area (Å²) in [6, 6.07) is 10.3. The van der Waals surface area contributed by atoms with Crippen molar-refractivity contribution in [3.05, 3.63) is 64.2 Å². The van der Waals surface area contributed by atoms with Crippen molar-refractivity contribution in [1.82, 2.24) is 5.32 Å². The number of nitrogens with one attached hydrogen (secondary N) is 1. The number of benzene rings is 2. The third-order valence-corrected chi connectivity index (χ3v) is 4.72. The van der Waals surface area contributed by atoms with Crippen LogP contribution in [0.2, 0.25) is 5.02 Å². The molecule has 0 saturated heterocycles. The number of carbonyl (C=O) groups excluding carboxylic acids is 2. The van der Waals surface area contributed by atoms with Crippen LogP contribution in [0.4, 0.5) is 0 Å². The molecule has 0 unspecified atom stereocenters. The number of methoxy groups -OCH3 is 1. The van der Waals surface area contributed by atoms with Crippen LogP contribution in [0, 0.1) is 0 Å². The molecule has 0 saturated carbocycles. The van der Waals surface area contributed by atoms with Gasteiger partial charge in [-0.2, -0.15) is 0 Å². The Kier molecular flexibility index (Phi) is 5.78. The standard InChI is InChI=1S/C16H15ClN2O5S/c1-24-16(21)11-4-2-10(3-5-11)9-19-15(20)12-6-7-13(17)14(8-12)25(18,22)23/h2-8H,9H2,1H3,(H,19,20)(H2,18,22,23). The van der Waals surface area contributed by atoms with Crippen LogP contribution in [0.25, 0.3) is 0 Å². The molecular formula is C16H15ClN2O5S. The van der Waals surface area contributed by atoms with E-state index in [2.05, 4.69) is 10.1 Å². The van der Waals surface area contributed by atoms with E-state index in [1.165, 1.54) is 19.2 Å². The first-order valence-corrected chi connectivity index (χ1v) is 8.92. The second-order valence-corrected chi connectivity index (χ2v) is 7.00. The Labute approximate surface area is 149 Å². The summed E-state index contributed by atoms with van der Waals surface area (Å²) in [5.41, 5.74) is 1.26. The molecule has 0 aliphatic heterocycles. The first kappa shape index (κ1) is 18.9. The van der Waals surface area contributed by atoms with Gasteiger partial charge in [-0.3, -0.25) is 4.79 Å². The van der Waals surface area contributed by atoms with E-state index in [0.717, 1.165) is 11.6 Å². The van der Waals surface area contributed by atoms with Crippen molar-refractivity contribution in [2.75, 3.05) is 7.11 Å². The summed E-state index contributed by atoms with van der Waals surface area (Å²) in [7, 11) is -2.74. The van der Waals surface area contributed by atoms with E-state index in [0.29, 0.717) is 5.56 Å². The molecule has 3 N–H and O–H groups in total. The zero-order valence-electron chi connectivity index (χ0n) is 13.2. The number of ether oxygens (including phenoxy) is 1. The van der Waals surface area contributed by atoms with Gasteiger partial charge in [-0.15, -0.1) is 0 Å². The molecule has 132 valence electrons. The largest absolute Gasteiger partial charge is 0.465 e. The lowest BCUT2D eigenvalue weighted by Crippen LogP contribution is -2.23. The molecule has 2 rings (SSSR count).